The topological polar surface area (TPSA) is 62.4 Å². The van der Waals surface area contributed by atoms with E-state index in [0.29, 0.717) is 28.3 Å². The predicted molar refractivity (Wildman–Crippen MR) is 83.6 cm³/mol. The van der Waals surface area contributed by atoms with Crippen LogP contribution in [0, 0.1) is 0 Å². The molecule has 0 heterocycles. The molecule has 0 saturated heterocycles. The van der Waals surface area contributed by atoms with Gasteiger partial charge in [-0.3, -0.25) is 5.43 Å². The molecule has 0 spiro atoms. The van der Waals surface area contributed by atoms with Crippen LogP contribution in [0.5, 0.6) is 0 Å². The van der Waals surface area contributed by atoms with Gasteiger partial charge in [-0.2, -0.15) is 8.78 Å². The number of rotatable bonds is 4. The Morgan fingerprint density at radius 1 is 1.24 bits per heavy atom. The van der Waals surface area contributed by atoms with Gasteiger partial charge in [0.25, 0.3) is 5.76 Å². The van der Waals surface area contributed by atoms with E-state index in [1.54, 1.807) is 24.3 Å². The van der Waals surface area contributed by atoms with Crippen molar-refractivity contribution >= 4 is 23.4 Å². The van der Waals surface area contributed by atoms with Crippen LogP contribution in [-0.2, 0) is 0 Å². The van der Waals surface area contributed by atoms with Crippen LogP contribution in [0.15, 0.2) is 34.2 Å². The van der Waals surface area contributed by atoms with E-state index in [1.807, 2.05) is 0 Å². The molecule has 4 nitrogen and oxygen atoms in total. The molecule has 0 aromatic heterocycles. The van der Waals surface area contributed by atoms with Crippen LogP contribution in [0.25, 0.3) is 0 Å². The summed E-state index contributed by atoms with van der Waals surface area (Å²) in [4.78, 5) is 5.01. The molecule has 21 heavy (non-hydrogen) atoms. The van der Waals surface area contributed by atoms with Gasteiger partial charge < -0.3 is 5.32 Å². The maximum Gasteiger partial charge on any atom is 0.288 e. The molecule has 0 amide bonds. The van der Waals surface area contributed by atoms with Crippen LogP contribution in [0.1, 0.15) is 32.1 Å². The maximum atomic E-state index is 12.6. The molecule has 0 bridgehead atoms. The molecule has 7 heteroatoms. The zero-order valence-electron chi connectivity index (χ0n) is 11.7. The van der Waals surface area contributed by atoms with Crippen molar-refractivity contribution in [1.29, 1.82) is 0 Å². The molecule has 1 aromatic rings. The minimum absolute atomic E-state index is 0.243. The van der Waals surface area contributed by atoms with Gasteiger partial charge in [-0.05, 0) is 25.0 Å². The normalized spacial score (nSPS) is 17.0. The van der Waals surface area contributed by atoms with E-state index in [9.17, 15) is 8.78 Å². The summed E-state index contributed by atoms with van der Waals surface area (Å²) in [5, 5.41) is 3.01. The van der Waals surface area contributed by atoms with Gasteiger partial charge in [-0.15, -0.1) is 0 Å². The zero-order chi connectivity index (χ0) is 15.1. The Labute approximate surface area is 127 Å². The summed E-state index contributed by atoms with van der Waals surface area (Å²) in [5.74, 6) is 3.45. The van der Waals surface area contributed by atoms with Crippen molar-refractivity contribution in [2.75, 3.05) is 5.32 Å². The van der Waals surface area contributed by atoms with Crippen LogP contribution in [-0.4, -0.2) is 17.8 Å². The van der Waals surface area contributed by atoms with Crippen molar-refractivity contribution < 1.29 is 8.78 Å². The monoisotopic (exact) mass is 314 g/mol. The molecular weight excluding hydrogens is 294 g/mol. The first-order valence-electron chi connectivity index (χ1n) is 7.04. The number of alkyl halides is 2. The number of thioether (sulfide) groups is 1. The summed E-state index contributed by atoms with van der Waals surface area (Å²) in [7, 11) is 0. The number of para-hydroxylation sites is 1. The Morgan fingerprint density at radius 3 is 2.62 bits per heavy atom. The molecule has 0 aliphatic heterocycles. The smallest absolute Gasteiger partial charge is 0.288 e. The number of hydrazine groups is 1. The lowest BCUT2D eigenvalue weighted by Crippen LogP contribution is -2.37. The van der Waals surface area contributed by atoms with E-state index in [4.69, 9.17) is 5.84 Å². The van der Waals surface area contributed by atoms with Crippen molar-refractivity contribution in [2.45, 2.75) is 48.8 Å². The molecular formula is C14H20F2N4S. The number of halogens is 2. The number of nitrogens with one attached hydrogen (secondary N) is 2. The number of hydrogen-bond donors (Lipinski definition) is 3. The minimum Gasteiger partial charge on any atom is -0.324 e. The minimum atomic E-state index is -2.46. The average Bonchev–Trinajstić information content (AvgIpc) is 2.49. The molecule has 0 unspecified atom stereocenters. The molecule has 1 aliphatic carbocycles. The Hall–Kier alpha value is -1.34. The molecule has 4 N–H and O–H groups in total. The third-order valence-electron chi connectivity index (χ3n) is 3.38. The number of nitrogens with zero attached hydrogens (tertiary/aromatic N) is 1. The van der Waals surface area contributed by atoms with Crippen LogP contribution in [0.4, 0.5) is 14.5 Å². The van der Waals surface area contributed by atoms with Crippen LogP contribution in [0.3, 0.4) is 0 Å². The summed E-state index contributed by atoms with van der Waals surface area (Å²) >= 11 is 0.504. The van der Waals surface area contributed by atoms with Crippen LogP contribution >= 0.6 is 11.8 Å². The van der Waals surface area contributed by atoms with Gasteiger partial charge in [0.05, 0.1) is 11.7 Å². The van der Waals surface area contributed by atoms with Gasteiger partial charge in [-0.1, -0.05) is 43.2 Å². The summed E-state index contributed by atoms with van der Waals surface area (Å²) in [5.41, 5.74) is 3.10. The molecule has 1 aromatic carbocycles. The fraction of sp³-hybridized carbons (Fsp3) is 0.500. The second-order valence-corrected chi connectivity index (χ2v) is 5.95. The number of nitrogens with two attached hydrogens (primary N) is 1. The molecule has 116 valence electrons. The Morgan fingerprint density at radius 2 is 1.95 bits per heavy atom. The van der Waals surface area contributed by atoms with Crippen molar-refractivity contribution in [3.63, 3.8) is 0 Å². The number of aliphatic imine (C=N–C) groups is 1. The lowest BCUT2D eigenvalue weighted by Gasteiger charge is -2.20. The average molecular weight is 314 g/mol. The second kappa shape index (κ2) is 8.19. The summed E-state index contributed by atoms with van der Waals surface area (Å²) in [6.45, 7) is 0. The van der Waals surface area contributed by atoms with E-state index >= 15 is 0 Å². The second-order valence-electron chi connectivity index (χ2n) is 4.91. The van der Waals surface area contributed by atoms with Gasteiger partial charge in [0.1, 0.15) is 0 Å². The highest BCUT2D eigenvalue weighted by Crippen LogP contribution is 2.31. The van der Waals surface area contributed by atoms with Gasteiger partial charge in [0.15, 0.2) is 0 Å². The van der Waals surface area contributed by atoms with Crippen molar-refractivity contribution in [3.8, 4) is 0 Å². The maximum absolute atomic E-state index is 12.6. The molecule has 1 fully saturated rings. The summed E-state index contributed by atoms with van der Waals surface area (Å²) in [6, 6.07) is 7.13. The van der Waals surface area contributed by atoms with Crippen LogP contribution in [0.2, 0.25) is 0 Å². The highest BCUT2D eigenvalue weighted by atomic mass is 32.2. The largest absolute Gasteiger partial charge is 0.324 e. The number of benzene rings is 1. The van der Waals surface area contributed by atoms with Gasteiger partial charge in [0, 0.05) is 4.90 Å². The third-order valence-corrected chi connectivity index (χ3v) is 4.17. The van der Waals surface area contributed by atoms with E-state index < -0.39 is 5.76 Å². The molecule has 1 saturated carbocycles. The lowest BCUT2D eigenvalue weighted by molar-refractivity contribution is 0.252. The van der Waals surface area contributed by atoms with Crippen molar-refractivity contribution in [1.82, 2.24) is 5.43 Å². The van der Waals surface area contributed by atoms with Crippen LogP contribution < -0.4 is 16.6 Å². The first-order valence-corrected chi connectivity index (χ1v) is 7.92. The number of anilines is 1. The molecule has 0 atom stereocenters. The molecule has 2 rings (SSSR count). The predicted octanol–water partition coefficient (Wildman–Crippen LogP) is 3.57. The van der Waals surface area contributed by atoms with E-state index in [-0.39, 0.29) is 6.04 Å². The Bertz CT molecular complexity index is 476. The Kier molecular flexibility index (Phi) is 6.25. The molecule has 0 radical (unpaired) electrons. The fourth-order valence-electron chi connectivity index (χ4n) is 2.39. The number of hydrogen-bond acceptors (Lipinski definition) is 3. The van der Waals surface area contributed by atoms with Gasteiger partial charge >= 0.3 is 0 Å². The first kappa shape index (κ1) is 16.0. The van der Waals surface area contributed by atoms with E-state index in [2.05, 4.69) is 15.7 Å². The highest BCUT2D eigenvalue weighted by Gasteiger charge is 2.14. The third kappa shape index (κ3) is 5.17. The lowest BCUT2D eigenvalue weighted by atomic mass is 9.96. The highest BCUT2D eigenvalue weighted by molar-refractivity contribution is 7.99. The quantitative estimate of drug-likeness (QED) is 0.261. The SMILES string of the molecule is NNC(=NC1CCCCC1)Nc1ccccc1SC(F)F. The standard InChI is InChI=1S/C14H20F2N4S/c15-13(16)21-12-9-5-4-8-11(12)19-14(20-17)18-10-6-2-1-3-7-10/h4-5,8-10,13H,1-3,6-7,17H2,(H2,18,19,20). The molecule has 1 aliphatic rings. The van der Waals surface area contributed by atoms with Gasteiger partial charge in [-0.25, -0.2) is 10.8 Å². The zero-order valence-corrected chi connectivity index (χ0v) is 12.5. The fourth-order valence-corrected chi connectivity index (χ4v) is 2.99. The summed E-state index contributed by atoms with van der Waals surface area (Å²) in [6.07, 6.45) is 5.67. The number of guanidine groups is 1. The van der Waals surface area contributed by atoms with E-state index in [0.717, 1.165) is 12.8 Å². The van der Waals surface area contributed by atoms with Crippen molar-refractivity contribution in [3.05, 3.63) is 24.3 Å². The van der Waals surface area contributed by atoms with Gasteiger partial charge in [0.2, 0.25) is 5.96 Å². The van der Waals surface area contributed by atoms with E-state index in [1.165, 1.54) is 19.3 Å². The van der Waals surface area contributed by atoms with Crippen molar-refractivity contribution in [2.24, 2.45) is 10.8 Å². The first-order chi connectivity index (χ1) is 10.2. The summed E-state index contributed by atoms with van der Waals surface area (Å²) < 4.78 is 25.1. The Balaban J connectivity index is 2.08.